The summed E-state index contributed by atoms with van der Waals surface area (Å²) < 4.78 is 19.0. The Labute approximate surface area is 134 Å². The lowest BCUT2D eigenvalue weighted by Gasteiger charge is -2.39. The summed E-state index contributed by atoms with van der Waals surface area (Å²) in [5.74, 6) is -0.829. The van der Waals surface area contributed by atoms with Gasteiger partial charge in [0.15, 0.2) is 0 Å². The van der Waals surface area contributed by atoms with E-state index in [0.717, 1.165) is 5.56 Å². The lowest BCUT2D eigenvalue weighted by molar-refractivity contribution is -0.130. The van der Waals surface area contributed by atoms with E-state index in [-0.39, 0.29) is 30.0 Å². The Bertz CT molecular complexity index is 614. The number of benzene rings is 1. The average Bonchev–Trinajstić information content (AvgIpc) is 2.88. The summed E-state index contributed by atoms with van der Waals surface area (Å²) in [7, 11) is 1.70. The van der Waals surface area contributed by atoms with E-state index in [4.69, 9.17) is 4.74 Å². The van der Waals surface area contributed by atoms with Gasteiger partial charge < -0.3 is 15.0 Å². The minimum absolute atomic E-state index is 0.0167. The van der Waals surface area contributed by atoms with E-state index < -0.39 is 5.54 Å². The highest BCUT2D eigenvalue weighted by Gasteiger charge is 2.40. The second-order valence-electron chi connectivity index (χ2n) is 6.37. The largest absolute Gasteiger partial charge is 0.381 e. The van der Waals surface area contributed by atoms with E-state index in [1.165, 1.54) is 12.1 Å². The first-order chi connectivity index (χ1) is 11.0. The summed E-state index contributed by atoms with van der Waals surface area (Å²) in [4.78, 5) is 25.9. The van der Waals surface area contributed by atoms with Crippen LogP contribution in [0.15, 0.2) is 24.3 Å². The topological polar surface area (TPSA) is 58.6 Å². The van der Waals surface area contributed by atoms with Gasteiger partial charge in [-0.2, -0.15) is 0 Å². The monoisotopic (exact) mass is 320 g/mol. The molecule has 1 aromatic rings. The van der Waals surface area contributed by atoms with E-state index in [1.807, 2.05) is 6.07 Å². The Morgan fingerprint density at radius 3 is 2.74 bits per heavy atom. The molecule has 0 radical (unpaired) electrons. The quantitative estimate of drug-likeness (QED) is 0.916. The lowest BCUT2D eigenvalue weighted by Crippen LogP contribution is -2.51. The number of carbonyl (C=O) groups is 2. The van der Waals surface area contributed by atoms with Gasteiger partial charge in [-0.3, -0.25) is 9.59 Å². The third kappa shape index (κ3) is 3.22. The van der Waals surface area contributed by atoms with Crippen LogP contribution in [-0.4, -0.2) is 43.5 Å². The van der Waals surface area contributed by atoms with Crippen LogP contribution in [0.4, 0.5) is 4.39 Å². The van der Waals surface area contributed by atoms with Crippen LogP contribution >= 0.6 is 0 Å². The average molecular weight is 320 g/mol. The summed E-state index contributed by atoms with van der Waals surface area (Å²) in [6.07, 6.45) is 1.43. The van der Waals surface area contributed by atoms with Gasteiger partial charge in [0.1, 0.15) is 5.82 Å². The Morgan fingerprint density at radius 2 is 2.13 bits per heavy atom. The van der Waals surface area contributed by atoms with Gasteiger partial charge in [0.2, 0.25) is 11.8 Å². The molecule has 0 bridgehead atoms. The van der Waals surface area contributed by atoms with Crippen LogP contribution in [0.1, 0.15) is 24.8 Å². The first-order valence-electron chi connectivity index (χ1n) is 7.90. The molecule has 1 N–H and O–H groups in total. The lowest BCUT2D eigenvalue weighted by atomic mass is 9.82. The molecule has 0 unspecified atom stereocenters. The van der Waals surface area contributed by atoms with Gasteiger partial charge in [0.05, 0.1) is 11.5 Å². The zero-order chi connectivity index (χ0) is 16.4. The number of likely N-dealkylation sites (tertiary alicyclic amines) is 1. The van der Waals surface area contributed by atoms with Gasteiger partial charge in [0.25, 0.3) is 0 Å². The first kappa shape index (κ1) is 15.9. The number of ether oxygens (including phenoxy) is 1. The van der Waals surface area contributed by atoms with Crippen molar-refractivity contribution >= 4 is 11.8 Å². The molecule has 2 aliphatic rings. The van der Waals surface area contributed by atoms with Crippen molar-refractivity contribution in [1.82, 2.24) is 10.2 Å². The van der Waals surface area contributed by atoms with E-state index in [1.54, 1.807) is 18.0 Å². The van der Waals surface area contributed by atoms with Crippen molar-refractivity contribution in [2.45, 2.75) is 24.8 Å². The van der Waals surface area contributed by atoms with Gasteiger partial charge >= 0.3 is 0 Å². The zero-order valence-corrected chi connectivity index (χ0v) is 13.2. The van der Waals surface area contributed by atoms with Crippen LogP contribution in [0.2, 0.25) is 0 Å². The van der Waals surface area contributed by atoms with Crippen molar-refractivity contribution in [3.8, 4) is 0 Å². The Morgan fingerprint density at radius 1 is 1.39 bits per heavy atom. The molecule has 0 aromatic heterocycles. The van der Waals surface area contributed by atoms with Gasteiger partial charge in [-0.05, 0) is 30.5 Å². The summed E-state index contributed by atoms with van der Waals surface area (Å²) in [6.45, 7) is 1.46. The van der Waals surface area contributed by atoms with Crippen molar-refractivity contribution in [1.29, 1.82) is 0 Å². The molecule has 23 heavy (non-hydrogen) atoms. The predicted octanol–water partition coefficient (Wildman–Crippen LogP) is 1.43. The maximum absolute atomic E-state index is 13.6. The summed E-state index contributed by atoms with van der Waals surface area (Å²) in [5, 5.41) is 3.09. The number of hydrogen-bond donors (Lipinski definition) is 1. The minimum atomic E-state index is -0.623. The van der Waals surface area contributed by atoms with Crippen LogP contribution in [-0.2, 0) is 19.9 Å². The Kier molecular flexibility index (Phi) is 4.35. The summed E-state index contributed by atoms with van der Waals surface area (Å²) in [5.41, 5.74) is 0.133. The second kappa shape index (κ2) is 6.28. The van der Waals surface area contributed by atoms with E-state index in [9.17, 15) is 14.0 Å². The maximum Gasteiger partial charge on any atom is 0.226 e. The number of amides is 2. The van der Waals surface area contributed by atoms with Crippen LogP contribution in [0.5, 0.6) is 0 Å². The van der Waals surface area contributed by atoms with E-state index in [2.05, 4.69) is 5.32 Å². The van der Waals surface area contributed by atoms with Gasteiger partial charge in [-0.25, -0.2) is 4.39 Å². The van der Waals surface area contributed by atoms with Crippen LogP contribution < -0.4 is 5.32 Å². The van der Waals surface area contributed by atoms with Gasteiger partial charge in [-0.1, -0.05) is 12.1 Å². The molecular formula is C17H21FN2O3. The molecule has 3 rings (SSSR count). The normalized spacial score (nSPS) is 23.8. The Hall–Kier alpha value is -1.95. The van der Waals surface area contributed by atoms with Crippen molar-refractivity contribution in [2.24, 2.45) is 5.92 Å². The number of rotatable bonds is 3. The standard InChI is InChI=1S/C17H21FN2O3/c1-20-11-12(9-15(20)21)16(22)19-17(5-7-23-8-6-17)13-3-2-4-14(18)10-13/h2-4,10,12H,5-9,11H2,1H3,(H,19,22)/t12-/m1/s1. The molecule has 0 spiro atoms. The third-order valence-electron chi connectivity index (χ3n) is 4.80. The molecule has 1 atom stereocenters. The third-order valence-corrected chi connectivity index (χ3v) is 4.80. The van der Waals surface area contributed by atoms with Gasteiger partial charge in [-0.15, -0.1) is 0 Å². The molecular weight excluding hydrogens is 299 g/mol. The molecule has 2 heterocycles. The zero-order valence-electron chi connectivity index (χ0n) is 13.2. The number of nitrogens with zero attached hydrogens (tertiary/aromatic N) is 1. The van der Waals surface area contributed by atoms with Crippen LogP contribution in [0.25, 0.3) is 0 Å². The molecule has 2 amide bonds. The number of nitrogens with one attached hydrogen (secondary N) is 1. The fraction of sp³-hybridized carbons (Fsp3) is 0.529. The molecule has 124 valence electrons. The highest BCUT2D eigenvalue weighted by atomic mass is 19.1. The molecule has 2 saturated heterocycles. The van der Waals surface area contributed by atoms with E-state index >= 15 is 0 Å². The fourth-order valence-electron chi connectivity index (χ4n) is 3.37. The fourth-order valence-corrected chi connectivity index (χ4v) is 3.37. The smallest absolute Gasteiger partial charge is 0.226 e. The predicted molar refractivity (Wildman–Crippen MR) is 82.0 cm³/mol. The van der Waals surface area contributed by atoms with Crippen LogP contribution in [0.3, 0.4) is 0 Å². The number of carbonyl (C=O) groups excluding carboxylic acids is 2. The summed E-state index contributed by atoms with van der Waals surface area (Å²) in [6, 6.07) is 6.35. The molecule has 6 heteroatoms. The second-order valence-corrected chi connectivity index (χ2v) is 6.37. The molecule has 5 nitrogen and oxygen atoms in total. The van der Waals surface area contributed by atoms with Crippen molar-refractivity contribution in [2.75, 3.05) is 26.8 Å². The molecule has 0 aliphatic carbocycles. The number of hydrogen-bond acceptors (Lipinski definition) is 3. The SMILES string of the molecule is CN1C[C@H](C(=O)NC2(c3cccc(F)c3)CCOCC2)CC1=O. The van der Waals surface area contributed by atoms with Crippen molar-refractivity contribution < 1.29 is 18.7 Å². The summed E-state index contributed by atoms with van der Waals surface area (Å²) >= 11 is 0. The number of halogens is 1. The van der Waals surface area contributed by atoms with Crippen molar-refractivity contribution in [3.63, 3.8) is 0 Å². The molecule has 2 fully saturated rings. The van der Waals surface area contributed by atoms with Gasteiger partial charge in [0, 0.05) is 33.2 Å². The molecule has 1 aromatic carbocycles. The van der Waals surface area contributed by atoms with Crippen LogP contribution in [0, 0.1) is 11.7 Å². The van der Waals surface area contributed by atoms with E-state index in [0.29, 0.717) is 32.6 Å². The minimum Gasteiger partial charge on any atom is -0.381 e. The first-order valence-corrected chi connectivity index (χ1v) is 7.90. The van der Waals surface area contributed by atoms with Crippen molar-refractivity contribution in [3.05, 3.63) is 35.6 Å². The maximum atomic E-state index is 13.6. The molecule has 0 saturated carbocycles. The highest BCUT2D eigenvalue weighted by Crippen LogP contribution is 2.33. The molecule has 2 aliphatic heterocycles. The Balaban J connectivity index is 1.82. The highest BCUT2D eigenvalue weighted by molar-refractivity contribution is 5.89.